The number of aromatic amines is 1. The van der Waals surface area contributed by atoms with Gasteiger partial charge in [0.05, 0.1) is 17.0 Å². The molecule has 0 saturated carbocycles. The molecule has 3 aromatic rings. The largest absolute Gasteiger partial charge is 0.455 e. The molecule has 2 N–H and O–H groups in total. The molecular formula is C29H37N5O4. The fraction of sp³-hybridized carbons (Fsp3) is 0.414. The number of unbranched alkanes of at least 4 members (excludes halogenated alkanes) is 1. The van der Waals surface area contributed by atoms with E-state index in [4.69, 9.17) is 4.74 Å². The second-order valence-corrected chi connectivity index (χ2v) is 9.99. The predicted octanol–water partition coefficient (Wildman–Crippen LogP) is 3.79. The van der Waals surface area contributed by atoms with Crippen LogP contribution < -0.4 is 10.9 Å². The highest BCUT2D eigenvalue weighted by atomic mass is 16.6. The maximum atomic E-state index is 12.3. The standard InChI is InChI=1S/C29H37N5O4/c1-20-15-21(2)25(32-16-20)18-34(14-7-6-12-31-28(37)23-10-11-27(36)33-17-23)19-26-24(9-8-13-30-26)29(4,5)38-22(3)35/h8-11,13,15-17H,6-7,12,14,18-19H2,1-5H3,(H,31,37)(H,33,36). The van der Waals surface area contributed by atoms with Crippen molar-refractivity contribution >= 4 is 11.9 Å². The zero-order valence-electron chi connectivity index (χ0n) is 22.8. The molecule has 3 aromatic heterocycles. The van der Waals surface area contributed by atoms with E-state index in [1.165, 1.54) is 25.3 Å². The Bertz CT molecular complexity index is 1300. The zero-order valence-corrected chi connectivity index (χ0v) is 22.8. The van der Waals surface area contributed by atoms with Crippen LogP contribution in [0.5, 0.6) is 0 Å². The Morgan fingerprint density at radius 3 is 2.53 bits per heavy atom. The molecule has 38 heavy (non-hydrogen) atoms. The first-order chi connectivity index (χ1) is 18.0. The van der Waals surface area contributed by atoms with Crippen LogP contribution in [0.2, 0.25) is 0 Å². The first kappa shape index (κ1) is 28.7. The van der Waals surface area contributed by atoms with Gasteiger partial charge in [-0.1, -0.05) is 12.1 Å². The lowest BCUT2D eigenvalue weighted by Gasteiger charge is -2.29. The molecule has 3 rings (SSSR count). The summed E-state index contributed by atoms with van der Waals surface area (Å²) in [5, 5.41) is 2.90. The second-order valence-electron chi connectivity index (χ2n) is 9.99. The fourth-order valence-corrected chi connectivity index (χ4v) is 4.39. The Morgan fingerprint density at radius 2 is 1.84 bits per heavy atom. The van der Waals surface area contributed by atoms with Crippen molar-refractivity contribution in [3.8, 4) is 0 Å². The first-order valence-corrected chi connectivity index (χ1v) is 12.8. The number of H-pyrrole nitrogens is 1. The summed E-state index contributed by atoms with van der Waals surface area (Å²) in [6, 6.07) is 8.77. The lowest BCUT2D eigenvalue weighted by molar-refractivity contribution is -0.154. The summed E-state index contributed by atoms with van der Waals surface area (Å²) >= 11 is 0. The van der Waals surface area contributed by atoms with Gasteiger partial charge in [-0.15, -0.1) is 0 Å². The van der Waals surface area contributed by atoms with Gasteiger partial charge in [0, 0.05) is 56.8 Å². The van der Waals surface area contributed by atoms with Gasteiger partial charge < -0.3 is 15.0 Å². The molecular weight excluding hydrogens is 482 g/mol. The van der Waals surface area contributed by atoms with Gasteiger partial charge in [0.15, 0.2) is 0 Å². The van der Waals surface area contributed by atoms with Crippen LogP contribution in [0.25, 0.3) is 0 Å². The number of aryl methyl sites for hydroxylation is 2. The second kappa shape index (κ2) is 13.1. The molecule has 0 aliphatic rings. The van der Waals surface area contributed by atoms with Crippen LogP contribution in [0.3, 0.4) is 0 Å². The smallest absolute Gasteiger partial charge is 0.303 e. The van der Waals surface area contributed by atoms with Crippen molar-refractivity contribution < 1.29 is 14.3 Å². The maximum Gasteiger partial charge on any atom is 0.303 e. The number of hydrogen-bond donors (Lipinski definition) is 2. The molecule has 0 atom stereocenters. The first-order valence-electron chi connectivity index (χ1n) is 12.8. The molecule has 0 fully saturated rings. The van der Waals surface area contributed by atoms with E-state index in [-0.39, 0.29) is 17.4 Å². The van der Waals surface area contributed by atoms with E-state index in [0.717, 1.165) is 47.5 Å². The number of pyridine rings is 3. The van der Waals surface area contributed by atoms with Gasteiger partial charge in [-0.2, -0.15) is 0 Å². The van der Waals surface area contributed by atoms with Crippen LogP contribution in [0.4, 0.5) is 0 Å². The van der Waals surface area contributed by atoms with E-state index < -0.39 is 5.60 Å². The van der Waals surface area contributed by atoms with Crippen molar-refractivity contribution in [2.75, 3.05) is 13.1 Å². The van der Waals surface area contributed by atoms with Gasteiger partial charge >= 0.3 is 5.97 Å². The predicted molar refractivity (Wildman–Crippen MR) is 145 cm³/mol. The Balaban J connectivity index is 1.69. The summed E-state index contributed by atoms with van der Waals surface area (Å²) < 4.78 is 5.61. The molecule has 3 heterocycles. The zero-order chi connectivity index (χ0) is 27.7. The average molecular weight is 520 g/mol. The molecule has 0 unspecified atom stereocenters. The van der Waals surface area contributed by atoms with Crippen molar-refractivity contribution in [2.24, 2.45) is 0 Å². The number of carbonyl (C=O) groups is 2. The third-order valence-electron chi connectivity index (χ3n) is 6.24. The lowest BCUT2D eigenvalue weighted by Crippen LogP contribution is -2.31. The highest BCUT2D eigenvalue weighted by molar-refractivity contribution is 5.93. The Labute approximate surface area is 223 Å². The van der Waals surface area contributed by atoms with E-state index in [9.17, 15) is 14.4 Å². The number of nitrogens with zero attached hydrogens (tertiary/aromatic N) is 3. The number of rotatable bonds is 12. The summed E-state index contributed by atoms with van der Waals surface area (Å²) in [5.41, 5.74) is 4.31. The summed E-state index contributed by atoms with van der Waals surface area (Å²) in [4.78, 5) is 49.3. The molecule has 0 aliphatic carbocycles. The summed E-state index contributed by atoms with van der Waals surface area (Å²) in [6.45, 7) is 11.7. The van der Waals surface area contributed by atoms with Gasteiger partial charge in [0.2, 0.25) is 5.56 Å². The average Bonchev–Trinajstić information content (AvgIpc) is 2.85. The van der Waals surface area contributed by atoms with Crippen LogP contribution in [-0.4, -0.2) is 44.8 Å². The molecule has 0 bridgehead atoms. The summed E-state index contributed by atoms with van der Waals surface area (Å²) in [7, 11) is 0. The van der Waals surface area contributed by atoms with Crippen LogP contribution in [0, 0.1) is 13.8 Å². The molecule has 0 aliphatic heterocycles. The number of ether oxygens (including phenoxy) is 1. The van der Waals surface area contributed by atoms with Gasteiger partial charge in [-0.05, 0) is 70.3 Å². The van der Waals surface area contributed by atoms with Crippen molar-refractivity contribution in [3.63, 3.8) is 0 Å². The molecule has 9 heteroatoms. The SMILES string of the molecule is CC(=O)OC(C)(C)c1cccnc1CN(CCCCNC(=O)c1ccc(=O)[nH]c1)Cc1ncc(C)cc1C. The van der Waals surface area contributed by atoms with Crippen LogP contribution >= 0.6 is 0 Å². The van der Waals surface area contributed by atoms with Crippen molar-refractivity contribution in [2.45, 2.75) is 66.2 Å². The van der Waals surface area contributed by atoms with Gasteiger partial charge in [-0.25, -0.2) is 0 Å². The van der Waals surface area contributed by atoms with Crippen LogP contribution in [0.1, 0.15) is 72.0 Å². The molecule has 0 spiro atoms. The van der Waals surface area contributed by atoms with Gasteiger partial charge in [0.1, 0.15) is 5.60 Å². The minimum absolute atomic E-state index is 0.219. The van der Waals surface area contributed by atoms with Gasteiger partial charge in [0.25, 0.3) is 5.91 Å². The van der Waals surface area contributed by atoms with E-state index in [1.807, 2.05) is 39.1 Å². The van der Waals surface area contributed by atoms with Crippen LogP contribution in [0.15, 0.2) is 53.7 Å². The third kappa shape index (κ3) is 8.34. The highest BCUT2D eigenvalue weighted by Gasteiger charge is 2.28. The molecule has 202 valence electrons. The minimum atomic E-state index is -0.814. The number of esters is 1. The maximum absolute atomic E-state index is 12.3. The van der Waals surface area contributed by atoms with Gasteiger partial charge in [-0.3, -0.25) is 29.3 Å². The van der Waals surface area contributed by atoms with E-state index in [1.54, 1.807) is 6.20 Å². The van der Waals surface area contributed by atoms with Crippen molar-refractivity contribution in [1.29, 1.82) is 0 Å². The lowest BCUT2D eigenvalue weighted by atomic mass is 9.95. The molecule has 0 aromatic carbocycles. The Hall–Kier alpha value is -3.85. The molecule has 0 radical (unpaired) electrons. The molecule has 9 nitrogen and oxygen atoms in total. The number of amides is 1. The van der Waals surface area contributed by atoms with Crippen molar-refractivity contribution in [1.82, 2.24) is 25.2 Å². The Morgan fingerprint density at radius 1 is 1.08 bits per heavy atom. The third-order valence-corrected chi connectivity index (χ3v) is 6.24. The quantitative estimate of drug-likeness (QED) is 0.276. The topological polar surface area (TPSA) is 117 Å². The van der Waals surface area contributed by atoms with Crippen molar-refractivity contribution in [3.05, 3.63) is 92.9 Å². The molecule has 1 amide bonds. The summed E-state index contributed by atoms with van der Waals surface area (Å²) in [5.74, 6) is -0.562. The number of carbonyl (C=O) groups excluding carboxylic acids is 2. The molecule has 0 saturated heterocycles. The normalized spacial score (nSPS) is 11.4. The van der Waals surface area contributed by atoms with E-state index in [2.05, 4.69) is 38.2 Å². The van der Waals surface area contributed by atoms with E-state index in [0.29, 0.717) is 25.2 Å². The number of hydrogen-bond acceptors (Lipinski definition) is 7. The Kier molecular flexibility index (Phi) is 9.90. The highest BCUT2D eigenvalue weighted by Crippen LogP contribution is 2.28. The monoisotopic (exact) mass is 519 g/mol. The minimum Gasteiger partial charge on any atom is -0.455 e. The van der Waals surface area contributed by atoms with E-state index >= 15 is 0 Å². The summed E-state index contributed by atoms with van der Waals surface area (Å²) in [6.07, 6.45) is 6.66. The van der Waals surface area contributed by atoms with Crippen LogP contribution in [-0.2, 0) is 28.2 Å². The number of aromatic nitrogens is 3. The number of nitrogens with one attached hydrogen (secondary N) is 2. The fourth-order valence-electron chi connectivity index (χ4n) is 4.39.